The van der Waals surface area contributed by atoms with Crippen molar-refractivity contribution < 1.29 is 9.59 Å². The maximum Gasteiger partial charge on any atom is 0.220 e. The molecular formula is C12H22N2O2. The van der Waals surface area contributed by atoms with Crippen LogP contribution in [0.4, 0.5) is 0 Å². The summed E-state index contributed by atoms with van der Waals surface area (Å²) in [5, 5.41) is 5.57. The Morgan fingerprint density at radius 1 is 1.00 bits per heavy atom. The van der Waals surface area contributed by atoms with Gasteiger partial charge in [-0.05, 0) is 24.7 Å². The number of nitrogens with one attached hydrogen (secondary N) is 2. The van der Waals surface area contributed by atoms with Gasteiger partial charge in [0.05, 0.1) is 0 Å². The van der Waals surface area contributed by atoms with Crippen molar-refractivity contribution in [2.75, 3.05) is 13.1 Å². The molecule has 2 atom stereocenters. The van der Waals surface area contributed by atoms with Crippen LogP contribution in [0.15, 0.2) is 0 Å². The summed E-state index contributed by atoms with van der Waals surface area (Å²) in [6, 6.07) is 0. The van der Waals surface area contributed by atoms with Gasteiger partial charge in [-0.1, -0.05) is 13.8 Å². The van der Waals surface area contributed by atoms with Gasteiger partial charge in [0.25, 0.3) is 0 Å². The van der Waals surface area contributed by atoms with Crippen LogP contribution in [0.2, 0.25) is 0 Å². The summed E-state index contributed by atoms with van der Waals surface area (Å²) in [4.78, 5) is 21.1. The second-order valence-corrected chi connectivity index (χ2v) is 4.90. The van der Waals surface area contributed by atoms with Crippen LogP contribution in [0.3, 0.4) is 0 Å². The summed E-state index contributed by atoms with van der Waals surface area (Å²) in [6.07, 6.45) is 3.65. The fourth-order valence-corrected chi connectivity index (χ4v) is 1.80. The van der Waals surface area contributed by atoms with Gasteiger partial charge in [0.15, 0.2) is 0 Å². The lowest BCUT2D eigenvalue weighted by Crippen LogP contribution is -2.33. The predicted molar refractivity (Wildman–Crippen MR) is 62.8 cm³/mol. The molecule has 0 saturated carbocycles. The fraction of sp³-hybridized carbons (Fsp3) is 0.833. The first kappa shape index (κ1) is 13.0. The minimum absolute atomic E-state index is 0.211. The van der Waals surface area contributed by atoms with E-state index < -0.39 is 0 Å². The van der Waals surface area contributed by atoms with Crippen molar-refractivity contribution in [2.24, 2.45) is 11.8 Å². The first-order valence-electron chi connectivity index (χ1n) is 6.11. The average molecular weight is 226 g/mol. The zero-order chi connectivity index (χ0) is 12.0. The van der Waals surface area contributed by atoms with E-state index in [-0.39, 0.29) is 11.8 Å². The second-order valence-electron chi connectivity index (χ2n) is 4.90. The summed E-state index contributed by atoms with van der Waals surface area (Å²) in [5.74, 6) is 1.71. The molecule has 0 aromatic carbocycles. The zero-order valence-electron chi connectivity index (χ0n) is 10.2. The average Bonchev–Trinajstić information content (AvgIpc) is 2.23. The summed E-state index contributed by atoms with van der Waals surface area (Å²) in [6.45, 7) is 6.01. The highest BCUT2D eigenvalue weighted by atomic mass is 16.2. The molecule has 2 rings (SSSR count). The molecule has 0 spiro atoms. The van der Waals surface area contributed by atoms with Crippen LogP contribution in [0, 0.1) is 11.8 Å². The fourth-order valence-electron chi connectivity index (χ4n) is 1.80. The van der Waals surface area contributed by atoms with Gasteiger partial charge >= 0.3 is 0 Å². The molecule has 2 aliphatic heterocycles. The molecule has 2 aliphatic rings. The number of hydrogen-bond acceptors (Lipinski definition) is 2. The number of piperidine rings is 2. The van der Waals surface area contributed by atoms with Gasteiger partial charge < -0.3 is 10.6 Å². The van der Waals surface area contributed by atoms with E-state index in [0.717, 1.165) is 38.8 Å². The molecular weight excluding hydrogens is 204 g/mol. The Labute approximate surface area is 97.2 Å². The predicted octanol–water partition coefficient (Wildman–Crippen LogP) is 1.06. The van der Waals surface area contributed by atoms with E-state index in [2.05, 4.69) is 24.5 Å². The van der Waals surface area contributed by atoms with Crippen LogP contribution >= 0.6 is 0 Å². The van der Waals surface area contributed by atoms with Gasteiger partial charge in [0.1, 0.15) is 0 Å². The van der Waals surface area contributed by atoms with Gasteiger partial charge in [-0.15, -0.1) is 0 Å². The molecule has 0 aromatic rings. The van der Waals surface area contributed by atoms with E-state index in [1.807, 2.05) is 0 Å². The summed E-state index contributed by atoms with van der Waals surface area (Å²) >= 11 is 0. The van der Waals surface area contributed by atoms with Crippen molar-refractivity contribution in [1.82, 2.24) is 10.6 Å². The Hall–Kier alpha value is -1.06. The van der Waals surface area contributed by atoms with Crippen molar-refractivity contribution in [2.45, 2.75) is 39.5 Å². The van der Waals surface area contributed by atoms with Crippen molar-refractivity contribution >= 4 is 11.8 Å². The van der Waals surface area contributed by atoms with Crippen molar-refractivity contribution in [3.8, 4) is 0 Å². The van der Waals surface area contributed by atoms with E-state index in [1.54, 1.807) is 0 Å². The highest BCUT2D eigenvalue weighted by molar-refractivity contribution is 5.77. The molecule has 0 unspecified atom stereocenters. The maximum atomic E-state index is 10.6. The molecule has 4 heteroatoms. The zero-order valence-corrected chi connectivity index (χ0v) is 10.2. The molecule has 2 fully saturated rings. The Balaban J connectivity index is 0.000000160. The third-order valence-electron chi connectivity index (χ3n) is 3.01. The topological polar surface area (TPSA) is 58.2 Å². The highest BCUT2D eigenvalue weighted by Gasteiger charge is 2.13. The van der Waals surface area contributed by atoms with E-state index in [0.29, 0.717) is 11.8 Å². The molecule has 0 aliphatic carbocycles. The molecule has 92 valence electrons. The quantitative estimate of drug-likeness (QED) is 0.649. The summed E-state index contributed by atoms with van der Waals surface area (Å²) in [5.41, 5.74) is 0. The van der Waals surface area contributed by atoms with Crippen molar-refractivity contribution in [3.63, 3.8) is 0 Å². The standard InChI is InChI=1S/2C6H11NO/c1-5-2-3-7-6(8)4-5;1-5-2-3-6(8)7-4-5/h2*5H,2-4H2,1H3,(H,7,8)/t2*5-/m11/s1. The molecule has 16 heavy (non-hydrogen) atoms. The van der Waals surface area contributed by atoms with Gasteiger partial charge in [-0.2, -0.15) is 0 Å². The summed E-state index contributed by atoms with van der Waals surface area (Å²) < 4.78 is 0. The third kappa shape index (κ3) is 5.14. The minimum Gasteiger partial charge on any atom is -0.356 e. The lowest BCUT2D eigenvalue weighted by molar-refractivity contribution is -0.123. The lowest BCUT2D eigenvalue weighted by atomic mass is 10.0. The molecule has 0 bridgehead atoms. The molecule has 4 nitrogen and oxygen atoms in total. The molecule has 2 N–H and O–H groups in total. The van der Waals surface area contributed by atoms with Crippen LogP contribution < -0.4 is 10.6 Å². The van der Waals surface area contributed by atoms with Gasteiger partial charge in [0, 0.05) is 25.9 Å². The van der Waals surface area contributed by atoms with Gasteiger partial charge in [0.2, 0.25) is 11.8 Å². The van der Waals surface area contributed by atoms with Crippen molar-refractivity contribution in [3.05, 3.63) is 0 Å². The van der Waals surface area contributed by atoms with Crippen LogP contribution in [0.25, 0.3) is 0 Å². The number of rotatable bonds is 0. The third-order valence-corrected chi connectivity index (χ3v) is 3.01. The van der Waals surface area contributed by atoms with Crippen molar-refractivity contribution in [1.29, 1.82) is 0 Å². The van der Waals surface area contributed by atoms with Crippen LogP contribution in [0.1, 0.15) is 39.5 Å². The number of amides is 2. The van der Waals surface area contributed by atoms with Gasteiger partial charge in [-0.25, -0.2) is 0 Å². The molecule has 2 heterocycles. The summed E-state index contributed by atoms with van der Waals surface area (Å²) in [7, 11) is 0. The normalized spacial score (nSPS) is 29.6. The first-order valence-corrected chi connectivity index (χ1v) is 6.11. The molecule has 0 aromatic heterocycles. The Bertz CT molecular complexity index is 243. The minimum atomic E-state index is 0.211. The van der Waals surface area contributed by atoms with E-state index in [9.17, 15) is 9.59 Å². The monoisotopic (exact) mass is 226 g/mol. The Kier molecular flexibility index (Phi) is 5.29. The van der Waals surface area contributed by atoms with E-state index in [4.69, 9.17) is 0 Å². The number of carbonyl (C=O) groups excluding carboxylic acids is 2. The smallest absolute Gasteiger partial charge is 0.220 e. The molecule has 2 saturated heterocycles. The highest BCUT2D eigenvalue weighted by Crippen LogP contribution is 2.09. The number of hydrogen-bond donors (Lipinski definition) is 2. The Morgan fingerprint density at radius 2 is 1.75 bits per heavy atom. The molecule has 2 amide bonds. The first-order chi connectivity index (χ1) is 7.58. The van der Waals surface area contributed by atoms with Gasteiger partial charge in [-0.3, -0.25) is 9.59 Å². The largest absolute Gasteiger partial charge is 0.356 e. The van der Waals surface area contributed by atoms with Crippen LogP contribution in [-0.2, 0) is 9.59 Å². The Morgan fingerprint density at radius 3 is 2.12 bits per heavy atom. The maximum absolute atomic E-state index is 10.6. The lowest BCUT2D eigenvalue weighted by Gasteiger charge is -2.17. The second kappa shape index (κ2) is 6.51. The SMILES string of the molecule is C[C@@H]1CCC(=O)NC1.C[C@@H]1CCNC(=O)C1. The van der Waals surface area contributed by atoms with Crippen LogP contribution in [-0.4, -0.2) is 24.9 Å². The number of carbonyl (C=O) groups is 2. The molecule has 0 radical (unpaired) electrons. The van der Waals surface area contributed by atoms with E-state index in [1.165, 1.54) is 0 Å². The van der Waals surface area contributed by atoms with E-state index >= 15 is 0 Å². The van der Waals surface area contributed by atoms with Crippen LogP contribution in [0.5, 0.6) is 0 Å².